The molecule has 0 spiro atoms. The summed E-state index contributed by atoms with van der Waals surface area (Å²) < 4.78 is 68.6. The summed E-state index contributed by atoms with van der Waals surface area (Å²) in [5, 5.41) is 10.6. The maximum atomic E-state index is 13.1. The zero-order valence-corrected chi connectivity index (χ0v) is 66.3. The number of rotatable bonds is 81. The molecule has 0 aromatic carbocycles. The van der Waals surface area contributed by atoms with Gasteiger partial charge in [-0.3, -0.25) is 37.3 Å². The van der Waals surface area contributed by atoms with Crippen molar-refractivity contribution in [2.24, 2.45) is 0 Å². The summed E-state index contributed by atoms with van der Waals surface area (Å²) in [6.07, 6.45) is 66.7. The first-order chi connectivity index (χ1) is 48.2. The summed E-state index contributed by atoms with van der Waals surface area (Å²) in [6, 6.07) is 0. The topological polar surface area (TPSA) is 237 Å². The number of esters is 4. The fourth-order valence-electron chi connectivity index (χ4n) is 12.5. The van der Waals surface area contributed by atoms with E-state index in [1.165, 1.54) is 263 Å². The van der Waals surface area contributed by atoms with Gasteiger partial charge >= 0.3 is 39.5 Å². The van der Waals surface area contributed by atoms with Gasteiger partial charge in [0.25, 0.3) is 0 Å². The molecule has 588 valence electrons. The molecule has 0 aliphatic heterocycles. The van der Waals surface area contributed by atoms with Gasteiger partial charge in [-0.2, -0.15) is 0 Å². The van der Waals surface area contributed by atoms with E-state index in [-0.39, 0.29) is 25.7 Å². The first-order valence-electron chi connectivity index (χ1n) is 41.8. The number of unbranched alkanes of at least 4 members (excludes halogenated alkanes) is 55. The third kappa shape index (κ3) is 74.1. The molecule has 0 aromatic heterocycles. The van der Waals surface area contributed by atoms with Crippen molar-refractivity contribution in [2.45, 2.75) is 451 Å². The smallest absolute Gasteiger partial charge is 0.462 e. The average Bonchev–Trinajstić information content (AvgIpc) is 1.17. The summed E-state index contributed by atoms with van der Waals surface area (Å²) in [7, 11) is -9.91. The van der Waals surface area contributed by atoms with Gasteiger partial charge in [-0.15, -0.1) is 0 Å². The molecule has 0 aliphatic carbocycles. The monoisotopic (exact) mass is 1450 g/mol. The number of carbonyl (C=O) groups excluding carboxylic acids is 4. The summed E-state index contributed by atoms with van der Waals surface area (Å²) in [5.41, 5.74) is 0. The second kappa shape index (κ2) is 74.3. The second-order valence-corrected chi connectivity index (χ2v) is 31.7. The van der Waals surface area contributed by atoms with Crippen LogP contribution in [-0.4, -0.2) is 96.7 Å². The molecule has 0 bridgehead atoms. The minimum atomic E-state index is -4.96. The molecule has 0 aliphatic rings. The van der Waals surface area contributed by atoms with Gasteiger partial charge in [-0.25, -0.2) is 9.13 Å². The zero-order chi connectivity index (χ0) is 72.5. The number of aliphatic hydroxyl groups is 1. The van der Waals surface area contributed by atoms with Crippen molar-refractivity contribution < 1.29 is 80.2 Å². The van der Waals surface area contributed by atoms with Crippen LogP contribution in [0.15, 0.2) is 0 Å². The Bertz CT molecular complexity index is 1880. The van der Waals surface area contributed by atoms with Crippen LogP contribution in [-0.2, 0) is 65.4 Å². The van der Waals surface area contributed by atoms with Gasteiger partial charge in [0.1, 0.15) is 19.3 Å². The maximum absolute atomic E-state index is 13.1. The molecule has 0 radical (unpaired) electrons. The molecule has 0 fully saturated rings. The molecule has 17 nitrogen and oxygen atoms in total. The fraction of sp³-hybridized carbons (Fsp3) is 0.950. The largest absolute Gasteiger partial charge is 0.472 e. The van der Waals surface area contributed by atoms with Crippen LogP contribution in [0.25, 0.3) is 0 Å². The van der Waals surface area contributed by atoms with E-state index in [4.69, 9.17) is 37.0 Å². The second-order valence-electron chi connectivity index (χ2n) is 28.8. The lowest BCUT2D eigenvalue weighted by molar-refractivity contribution is -0.161. The van der Waals surface area contributed by atoms with E-state index < -0.39 is 97.5 Å². The van der Waals surface area contributed by atoms with Crippen molar-refractivity contribution in [3.63, 3.8) is 0 Å². The van der Waals surface area contributed by atoms with Crippen LogP contribution in [0, 0.1) is 0 Å². The Hall–Kier alpha value is -1.94. The Morgan fingerprint density at radius 3 is 0.596 bits per heavy atom. The summed E-state index contributed by atoms with van der Waals surface area (Å²) in [5.74, 6) is -2.11. The Morgan fingerprint density at radius 1 is 0.242 bits per heavy atom. The predicted octanol–water partition coefficient (Wildman–Crippen LogP) is 24.2. The van der Waals surface area contributed by atoms with Crippen LogP contribution in [0.2, 0.25) is 0 Å². The van der Waals surface area contributed by atoms with Gasteiger partial charge < -0.3 is 33.8 Å². The zero-order valence-electron chi connectivity index (χ0n) is 64.5. The number of carbonyl (C=O) groups is 4. The molecular formula is C80H156O17P2. The molecule has 19 heteroatoms. The Labute approximate surface area is 607 Å². The third-order valence-corrected chi connectivity index (χ3v) is 20.8. The van der Waals surface area contributed by atoms with Gasteiger partial charge in [-0.05, 0) is 25.7 Å². The number of ether oxygens (including phenoxy) is 4. The van der Waals surface area contributed by atoms with Crippen molar-refractivity contribution in [1.29, 1.82) is 0 Å². The molecule has 0 saturated carbocycles. The molecular weight excluding hydrogens is 1290 g/mol. The van der Waals surface area contributed by atoms with E-state index in [0.717, 1.165) is 89.9 Å². The Balaban J connectivity index is 5.18. The highest BCUT2D eigenvalue weighted by Gasteiger charge is 2.30. The van der Waals surface area contributed by atoms with Crippen molar-refractivity contribution in [3.05, 3.63) is 0 Å². The van der Waals surface area contributed by atoms with Crippen molar-refractivity contribution in [1.82, 2.24) is 0 Å². The minimum absolute atomic E-state index is 0.107. The average molecular weight is 1450 g/mol. The quantitative estimate of drug-likeness (QED) is 0.0222. The molecule has 0 amide bonds. The van der Waals surface area contributed by atoms with Crippen LogP contribution in [0.5, 0.6) is 0 Å². The van der Waals surface area contributed by atoms with E-state index in [1.54, 1.807) is 0 Å². The highest BCUT2D eigenvalue weighted by molar-refractivity contribution is 7.47. The first kappa shape index (κ1) is 97.1. The van der Waals surface area contributed by atoms with Crippen molar-refractivity contribution in [2.75, 3.05) is 39.6 Å². The molecule has 3 N–H and O–H groups in total. The van der Waals surface area contributed by atoms with Crippen LogP contribution in [0.4, 0.5) is 0 Å². The van der Waals surface area contributed by atoms with E-state index >= 15 is 0 Å². The summed E-state index contributed by atoms with van der Waals surface area (Å²) >= 11 is 0. The molecule has 2 unspecified atom stereocenters. The lowest BCUT2D eigenvalue weighted by atomic mass is 10.0. The summed E-state index contributed by atoms with van der Waals surface area (Å²) in [4.78, 5) is 72.9. The van der Waals surface area contributed by atoms with Crippen molar-refractivity contribution in [3.8, 4) is 0 Å². The third-order valence-electron chi connectivity index (χ3n) is 18.9. The first-order valence-corrected chi connectivity index (χ1v) is 44.8. The van der Waals surface area contributed by atoms with Gasteiger partial charge in [0, 0.05) is 25.7 Å². The molecule has 0 saturated heterocycles. The minimum Gasteiger partial charge on any atom is -0.462 e. The highest BCUT2D eigenvalue weighted by Crippen LogP contribution is 2.45. The van der Waals surface area contributed by atoms with E-state index in [1.807, 2.05) is 0 Å². The van der Waals surface area contributed by atoms with Gasteiger partial charge in [0.15, 0.2) is 12.2 Å². The van der Waals surface area contributed by atoms with Crippen LogP contribution in [0.1, 0.15) is 432 Å². The number of hydrogen-bond acceptors (Lipinski definition) is 15. The Kier molecular flexibility index (Phi) is 72.9. The van der Waals surface area contributed by atoms with Crippen molar-refractivity contribution >= 4 is 39.5 Å². The molecule has 99 heavy (non-hydrogen) atoms. The lowest BCUT2D eigenvalue weighted by Crippen LogP contribution is -2.30. The standard InChI is InChI=1S/C80H156O17P2/c1-5-9-13-17-21-25-29-31-33-35-37-39-41-43-45-47-51-55-59-63-67-80(85)97-76(71-91-78(83)65-61-57-53-50-46-44-42-40-38-36-34-32-30-26-22-18-14-10-6-2)73-95-99(88,89)93-69-74(81)68-92-98(86,87)94-72-75(96-79(84)66-62-58-54-49-28-24-20-16-12-8-4)70-90-77(82)64-60-56-52-48-27-23-19-15-11-7-3/h74-76,81H,5-73H2,1-4H3,(H,86,87)(H,88,89)/t74-,75+,76+/m0/s1. The van der Waals surface area contributed by atoms with E-state index in [0.29, 0.717) is 25.7 Å². The normalized spacial score (nSPS) is 13.8. The van der Waals surface area contributed by atoms with Crippen LogP contribution < -0.4 is 0 Å². The van der Waals surface area contributed by atoms with Gasteiger partial charge in [0.05, 0.1) is 26.4 Å². The lowest BCUT2D eigenvalue weighted by Gasteiger charge is -2.21. The van der Waals surface area contributed by atoms with Gasteiger partial charge in [-0.1, -0.05) is 381 Å². The number of phosphoric acid groups is 2. The molecule has 0 heterocycles. The van der Waals surface area contributed by atoms with Gasteiger partial charge in [0.2, 0.25) is 0 Å². The van der Waals surface area contributed by atoms with Crippen LogP contribution in [0.3, 0.4) is 0 Å². The number of aliphatic hydroxyl groups excluding tert-OH is 1. The number of hydrogen-bond donors (Lipinski definition) is 3. The maximum Gasteiger partial charge on any atom is 0.472 e. The fourth-order valence-corrected chi connectivity index (χ4v) is 14.0. The molecule has 5 atom stereocenters. The SMILES string of the molecule is CCCCCCCCCCCCCCCCCCCCCCC(=O)O[C@H](COC(=O)CCCCCCCCCCCCCCCCCCCCC)COP(=O)(O)OC[C@@H](O)COP(=O)(O)OC[C@@H](COC(=O)CCCCCCCCCCCC)OC(=O)CCCCCCCCCCCC. The molecule has 0 rings (SSSR count). The van der Waals surface area contributed by atoms with E-state index in [2.05, 4.69) is 27.7 Å². The highest BCUT2D eigenvalue weighted by atomic mass is 31.2. The Morgan fingerprint density at radius 2 is 0.404 bits per heavy atom. The van der Waals surface area contributed by atoms with E-state index in [9.17, 15) is 43.2 Å². The predicted molar refractivity (Wildman–Crippen MR) is 405 cm³/mol. The summed E-state index contributed by atoms with van der Waals surface area (Å²) in [6.45, 7) is 4.99. The molecule has 0 aromatic rings. The van der Waals surface area contributed by atoms with Crippen LogP contribution >= 0.6 is 15.6 Å². The number of phosphoric ester groups is 2.